The van der Waals surface area contributed by atoms with E-state index in [4.69, 9.17) is 5.73 Å². The zero-order valence-corrected chi connectivity index (χ0v) is 12.6. The summed E-state index contributed by atoms with van der Waals surface area (Å²) in [6.07, 6.45) is 1.68. The molecule has 0 radical (unpaired) electrons. The van der Waals surface area contributed by atoms with Crippen molar-refractivity contribution in [3.05, 3.63) is 47.0 Å². The number of aromatic nitrogens is 2. The van der Waals surface area contributed by atoms with Crippen LogP contribution in [0.5, 0.6) is 0 Å². The van der Waals surface area contributed by atoms with Crippen LogP contribution in [0.2, 0.25) is 0 Å². The van der Waals surface area contributed by atoms with Gasteiger partial charge in [0.2, 0.25) is 0 Å². The smallest absolute Gasteiger partial charge is 0.273 e. The van der Waals surface area contributed by atoms with Gasteiger partial charge in [-0.1, -0.05) is 0 Å². The molecule has 5 nitrogen and oxygen atoms in total. The van der Waals surface area contributed by atoms with Gasteiger partial charge in [-0.2, -0.15) is 5.10 Å². The highest BCUT2D eigenvalue weighted by Crippen LogP contribution is 2.23. The monoisotopic (exact) mass is 290 g/mol. The summed E-state index contributed by atoms with van der Waals surface area (Å²) in [5, 5.41) is 4.26. The van der Waals surface area contributed by atoms with E-state index in [1.807, 2.05) is 0 Å². The van der Waals surface area contributed by atoms with Crippen molar-refractivity contribution in [2.75, 3.05) is 14.1 Å². The van der Waals surface area contributed by atoms with Crippen LogP contribution < -0.4 is 5.73 Å². The maximum atomic E-state index is 13.7. The normalized spacial score (nSPS) is 12.3. The van der Waals surface area contributed by atoms with Gasteiger partial charge in [0.15, 0.2) is 5.69 Å². The highest BCUT2D eigenvalue weighted by atomic mass is 19.1. The zero-order valence-electron chi connectivity index (χ0n) is 12.6. The molecule has 0 aliphatic carbocycles. The lowest BCUT2D eigenvalue weighted by Crippen LogP contribution is -2.22. The highest BCUT2D eigenvalue weighted by Gasteiger charge is 2.16. The Morgan fingerprint density at radius 2 is 2.10 bits per heavy atom. The molecular weight excluding hydrogens is 271 g/mol. The van der Waals surface area contributed by atoms with Crippen LogP contribution in [0.25, 0.3) is 5.69 Å². The summed E-state index contributed by atoms with van der Waals surface area (Å²) >= 11 is 0. The Hall–Kier alpha value is -2.21. The van der Waals surface area contributed by atoms with E-state index in [1.54, 1.807) is 51.0 Å². The Balaban J connectivity index is 2.52. The molecule has 2 N–H and O–H groups in total. The van der Waals surface area contributed by atoms with Crippen LogP contribution in [0.15, 0.2) is 24.4 Å². The number of rotatable bonds is 3. The second-order valence-electron chi connectivity index (χ2n) is 5.29. The Labute approximate surface area is 123 Å². The number of nitrogens with two attached hydrogens (primary N) is 1. The average Bonchev–Trinajstić information content (AvgIpc) is 2.89. The van der Waals surface area contributed by atoms with Crippen molar-refractivity contribution in [2.45, 2.75) is 19.9 Å². The minimum absolute atomic E-state index is 0.185. The van der Waals surface area contributed by atoms with Crippen LogP contribution in [0.1, 0.15) is 34.6 Å². The van der Waals surface area contributed by atoms with Crippen LogP contribution in [0, 0.1) is 12.7 Å². The van der Waals surface area contributed by atoms with Gasteiger partial charge in [0.1, 0.15) is 5.82 Å². The van der Waals surface area contributed by atoms with Crippen molar-refractivity contribution < 1.29 is 9.18 Å². The van der Waals surface area contributed by atoms with E-state index in [2.05, 4.69) is 5.10 Å². The molecule has 1 amide bonds. The molecule has 2 aromatic rings. The van der Waals surface area contributed by atoms with Crippen molar-refractivity contribution in [1.29, 1.82) is 0 Å². The number of aryl methyl sites for hydroxylation is 1. The van der Waals surface area contributed by atoms with Crippen LogP contribution in [0.3, 0.4) is 0 Å². The number of halogens is 1. The molecule has 0 unspecified atom stereocenters. The highest BCUT2D eigenvalue weighted by molar-refractivity contribution is 5.91. The first-order chi connectivity index (χ1) is 9.81. The summed E-state index contributed by atoms with van der Waals surface area (Å²) in [5.41, 5.74) is 8.06. The zero-order chi connectivity index (χ0) is 15.7. The summed E-state index contributed by atoms with van der Waals surface area (Å²) in [6, 6.07) is 4.40. The minimum atomic E-state index is -0.340. The molecule has 6 heteroatoms. The van der Waals surface area contributed by atoms with E-state index in [0.717, 1.165) is 0 Å². The van der Waals surface area contributed by atoms with Crippen molar-refractivity contribution in [1.82, 2.24) is 14.7 Å². The van der Waals surface area contributed by atoms with Crippen LogP contribution in [-0.2, 0) is 0 Å². The van der Waals surface area contributed by atoms with E-state index in [0.29, 0.717) is 22.5 Å². The molecule has 0 saturated heterocycles. The summed E-state index contributed by atoms with van der Waals surface area (Å²) in [7, 11) is 3.33. The van der Waals surface area contributed by atoms with Crippen LogP contribution in [-0.4, -0.2) is 34.7 Å². The quantitative estimate of drug-likeness (QED) is 0.941. The van der Waals surface area contributed by atoms with Gasteiger partial charge in [-0.3, -0.25) is 4.79 Å². The van der Waals surface area contributed by atoms with Crippen molar-refractivity contribution in [2.24, 2.45) is 5.73 Å². The van der Waals surface area contributed by atoms with E-state index in [-0.39, 0.29) is 17.8 Å². The summed E-state index contributed by atoms with van der Waals surface area (Å²) in [5.74, 6) is -0.488. The van der Waals surface area contributed by atoms with Gasteiger partial charge in [-0.25, -0.2) is 9.07 Å². The first-order valence-electron chi connectivity index (χ1n) is 6.64. The molecule has 21 heavy (non-hydrogen) atoms. The summed E-state index contributed by atoms with van der Waals surface area (Å²) < 4.78 is 15.3. The molecule has 1 atom stereocenters. The van der Waals surface area contributed by atoms with Gasteiger partial charge in [-0.05, 0) is 43.2 Å². The summed E-state index contributed by atoms with van der Waals surface area (Å²) in [4.78, 5) is 13.3. The molecule has 0 fully saturated rings. The van der Waals surface area contributed by atoms with Crippen LogP contribution >= 0.6 is 0 Å². The summed E-state index contributed by atoms with van der Waals surface area (Å²) in [6.45, 7) is 3.46. The van der Waals surface area contributed by atoms with E-state index in [9.17, 15) is 9.18 Å². The molecule has 2 rings (SSSR count). The molecule has 0 spiro atoms. The number of carbonyl (C=O) groups excluding carboxylic acids is 1. The predicted octanol–water partition coefficient (Wildman–Crippen LogP) is 2.04. The third-order valence-corrected chi connectivity index (χ3v) is 3.26. The number of amides is 1. The van der Waals surface area contributed by atoms with Gasteiger partial charge in [0.05, 0.1) is 5.69 Å². The molecular formula is C15H19FN4O. The lowest BCUT2D eigenvalue weighted by molar-refractivity contribution is 0.0821. The van der Waals surface area contributed by atoms with Gasteiger partial charge in [-0.15, -0.1) is 0 Å². The molecule has 0 bridgehead atoms. The second-order valence-corrected chi connectivity index (χ2v) is 5.29. The molecule has 1 heterocycles. The van der Waals surface area contributed by atoms with Crippen molar-refractivity contribution in [3.63, 3.8) is 0 Å². The fourth-order valence-electron chi connectivity index (χ4n) is 2.05. The largest absolute Gasteiger partial charge is 0.343 e. The molecule has 0 aliphatic rings. The predicted molar refractivity (Wildman–Crippen MR) is 78.9 cm³/mol. The van der Waals surface area contributed by atoms with Crippen molar-refractivity contribution >= 4 is 5.91 Å². The van der Waals surface area contributed by atoms with Gasteiger partial charge in [0, 0.05) is 26.3 Å². The minimum Gasteiger partial charge on any atom is -0.343 e. The number of nitrogens with zero attached hydrogens (tertiary/aromatic N) is 3. The van der Waals surface area contributed by atoms with E-state index >= 15 is 0 Å². The first-order valence-corrected chi connectivity index (χ1v) is 6.64. The van der Waals surface area contributed by atoms with Gasteiger partial charge < -0.3 is 10.6 Å². The molecule has 0 saturated carbocycles. The third-order valence-electron chi connectivity index (χ3n) is 3.26. The van der Waals surface area contributed by atoms with Crippen molar-refractivity contribution in [3.8, 4) is 5.69 Å². The molecule has 1 aromatic carbocycles. The first kappa shape index (κ1) is 15.2. The number of benzene rings is 1. The van der Waals surface area contributed by atoms with Crippen LogP contribution in [0.4, 0.5) is 4.39 Å². The lowest BCUT2D eigenvalue weighted by Gasteiger charge is -2.14. The fraction of sp³-hybridized carbons (Fsp3) is 0.333. The topological polar surface area (TPSA) is 64.2 Å². The molecule has 112 valence electrons. The molecule has 1 aromatic heterocycles. The maximum Gasteiger partial charge on any atom is 0.273 e. The van der Waals surface area contributed by atoms with E-state index in [1.165, 1.54) is 11.0 Å². The van der Waals surface area contributed by atoms with Gasteiger partial charge in [0.25, 0.3) is 5.91 Å². The average molecular weight is 290 g/mol. The fourth-order valence-corrected chi connectivity index (χ4v) is 2.05. The van der Waals surface area contributed by atoms with Gasteiger partial charge >= 0.3 is 0 Å². The number of hydrogen-bond acceptors (Lipinski definition) is 3. The molecule has 0 aliphatic heterocycles. The Morgan fingerprint density at radius 1 is 1.43 bits per heavy atom. The Kier molecular flexibility index (Phi) is 4.09. The second kappa shape index (κ2) is 5.65. The van der Waals surface area contributed by atoms with E-state index < -0.39 is 0 Å². The number of carbonyl (C=O) groups is 1. The SMILES string of the molecule is Cc1cc(-n2ccc(C(=O)N(C)C)n2)c([C@H](C)N)cc1F. The third kappa shape index (κ3) is 2.95. The standard InChI is InChI=1S/C15H19FN4O/c1-9-7-14(11(10(2)17)8-12(9)16)20-6-5-13(18-20)15(21)19(3)4/h5-8,10H,17H2,1-4H3/t10-/m0/s1. The Morgan fingerprint density at radius 3 is 2.67 bits per heavy atom. The Bertz CT molecular complexity index is 676. The lowest BCUT2D eigenvalue weighted by atomic mass is 10.0. The number of hydrogen-bond donors (Lipinski definition) is 1. The maximum absolute atomic E-state index is 13.7.